The van der Waals surface area contributed by atoms with E-state index < -0.39 is 0 Å². The van der Waals surface area contributed by atoms with Gasteiger partial charge in [0.2, 0.25) is 0 Å². The Balaban J connectivity index is 0.000000215. The molecule has 2 saturated carbocycles. The van der Waals surface area contributed by atoms with Crippen molar-refractivity contribution in [2.45, 2.75) is 0 Å². The molecular weight excluding hydrogens is 202 g/mol. The van der Waals surface area contributed by atoms with Crippen molar-refractivity contribution in [2.75, 3.05) is 0 Å². The molecule has 0 saturated heterocycles. The number of nitriles is 1. The van der Waals surface area contributed by atoms with E-state index in [2.05, 4.69) is 0 Å². The predicted molar refractivity (Wildman–Crippen MR) is 47.6 cm³/mol. The Labute approximate surface area is 92.4 Å². The van der Waals surface area contributed by atoms with Crippen molar-refractivity contribution >= 4 is 0 Å². The van der Waals surface area contributed by atoms with Gasteiger partial charge in [-0.05, 0) is 57.8 Å². The number of nitrogens with zero attached hydrogens (tertiary/aromatic N) is 1. The third kappa shape index (κ3) is 6.13. The van der Waals surface area contributed by atoms with Crippen molar-refractivity contribution in [3.8, 4) is 6.07 Å². The summed E-state index contributed by atoms with van der Waals surface area (Å²) in [5.41, 5.74) is 0. The van der Waals surface area contributed by atoms with Crippen LogP contribution in [0.5, 0.6) is 0 Å². The van der Waals surface area contributed by atoms with Gasteiger partial charge in [-0.15, -0.1) is 0 Å². The Morgan fingerprint density at radius 1 is 0.769 bits per heavy atom. The molecule has 10 radical (unpaired) electrons. The van der Waals surface area contributed by atoms with Gasteiger partial charge in [0.15, 0.2) is 0 Å². The number of hydrogen-bond donors (Lipinski definition) is 0. The van der Waals surface area contributed by atoms with Crippen LogP contribution in [0.3, 0.4) is 0 Å². The van der Waals surface area contributed by atoms with Gasteiger partial charge in [0.05, 0.1) is 12.0 Å². The van der Waals surface area contributed by atoms with Crippen LogP contribution in [0.1, 0.15) is 0 Å². The summed E-state index contributed by atoms with van der Waals surface area (Å²) in [7, 11) is 0. The molecule has 0 atom stereocenters. The Bertz CT molecular complexity index is 133. The van der Waals surface area contributed by atoms with Crippen LogP contribution in [0.4, 0.5) is 0 Å². The summed E-state index contributed by atoms with van der Waals surface area (Å²) in [6.45, 7) is 0. The summed E-state index contributed by atoms with van der Waals surface area (Å²) in [5.74, 6) is 0.736. The molecule has 0 aromatic heterocycles. The van der Waals surface area contributed by atoms with Gasteiger partial charge < -0.3 is 0 Å². The van der Waals surface area contributed by atoms with Crippen molar-refractivity contribution in [1.29, 1.82) is 5.26 Å². The molecule has 0 unspecified atom stereocenters. The van der Waals surface area contributed by atoms with Crippen molar-refractivity contribution in [3.05, 3.63) is 63.7 Å². The van der Waals surface area contributed by atoms with Gasteiger partial charge in [0.25, 0.3) is 0 Å². The molecule has 2 aliphatic carbocycles. The van der Waals surface area contributed by atoms with Crippen LogP contribution in [0.2, 0.25) is 0 Å². The Kier molecular flexibility index (Phi) is 8.61. The second-order valence-corrected chi connectivity index (χ2v) is 2.25. The third-order valence-corrected chi connectivity index (χ3v) is 1.35. The van der Waals surface area contributed by atoms with Crippen LogP contribution in [0.15, 0.2) is 0 Å². The monoisotopic (exact) mass is 211 g/mol. The minimum Gasteiger partial charge on any atom is -0.198 e. The first kappa shape index (κ1) is 13.0. The van der Waals surface area contributed by atoms with Gasteiger partial charge in [-0.3, -0.25) is 0 Å². The topological polar surface area (TPSA) is 23.8 Å². The molecule has 0 bridgehead atoms. The molecule has 13 heavy (non-hydrogen) atoms. The largest absolute Gasteiger partial charge is 2.00 e. The van der Waals surface area contributed by atoms with Crippen LogP contribution in [-0.2, 0) is 17.1 Å². The number of hydrogen-bond acceptors (Lipinski definition) is 1. The van der Waals surface area contributed by atoms with E-state index in [9.17, 15) is 0 Å². The predicted octanol–water partition coefficient (Wildman–Crippen LogP) is 1.93. The zero-order chi connectivity index (χ0) is 8.65. The first-order chi connectivity index (χ1) is 5.93. The van der Waals surface area contributed by atoms with Gasteiger partial charge >= 0.3 is 17.1 Å². The molecule has 0 N–H and O–H groups in total. The minimum absolute atomic E-state index is 0. The average Bonchev–Trinajstić information content (AvgIpc) is 2.81. The average molecular weight is 211 g/mol. The zero-order valence-corrected chi connectivity index (χ0v) is 8.10. The maximum Gasteiger partial charge on any atom is 2.00 e. The van der Waals surface area contributed by atoms with Crippen LogP contribution < -0.4 is 0 Å². The fourth-order valence-electron chi connectivity index (χ4n) is 0.769. The van der Waals surface area contributed by atoms with Crippen LogP contribution in [-0.4, -0.2) is 0 Å². The van der Waals surface area contributed by atoms with Crippen LogP contribution >= 0.6 is 0 Å². The van der Waals surface area contributed by atoms with E-state index in [1.54, 1.807) is 12.8 Å². The molecular formula is C11H9FeN+2. The van der Waals surface area contributed by atoms with E-state index in [1.165, 1.54) is 0 Å². The van der Waals surface area contributed by atoms with Crippen molar-refractivity contribution < 1.29 is 17.1 Å². The molecule has 0 amide bonds. The van der Waals surface area contributed by atoms with Gasteiger partial charge in [-0.1, -0.05) is 0 Å². The fourth-order valence-corrected chi connectivity index (χ4v) is 0.769. The minimum atomic E-state index is 0. The first-order valence-corrected chi connectivity index (χ1v) is 3.72. The van der Waals surface area contributed by atoms with E-state index in [0.717, 1.165) is 5.92 Å². The second-order valence-electron chi connectivity index (χ2n) is 2.25. The molecule has 0 heterocycles. The van der Waals surface area contributed by atoms with Gasteiger partial charge in [-0.2, -0.15) is 5.26 Å². The quantitative estimate of drug-likeness (QED) is 0.561. The molecule has 2 fully saturated rings. The first-order valence-electron chi connectivity index (χ1n) is 3.72. The Morgan fingerprint density at radius 3 is 1.38 bits per heavy atom. The molecule has 1 nitrogen and oxygen atoms in total. The van der Waals surface area contributed by atoms with Crippen molar-refractivity contribution in [2.24, 2.45) is 0 Å². The van der Waals surface area contributed by atoms with E-state index in [4.69, 9.17) is 5.26 Å². The third-order valence-electron chi connectivity index (χ3n) is 1.35. The maximum atomic E-state index is 8.18. The SMILES string of the molecule is N#C[C]1[CH][CH][CH][CH]1.[CH]1[CH][CH][CH][CH]1.[Fe+2]. The Hall–Kier alpha value is 0.00948. The molecule has 0 aromatic carbocycles. The molecule has 2 heteroatoms. The van der Waals surface area contributed by atoms with E-state index >= 15 is 0 Å². The zero-order valence-electron chi connectivity index (χ0n) is 7.00. The van der Waals surface area contributed by atoms with Crippen LogP contribution in [0.25, 0.3) is 0 Å². The summed E-state index contributed by atoms with van der Waals surface area (Å²) in [6, 6.07) is 2.01. The second kappa shape index (κ2) is 8.60. The van der Waals surface area contributed by atoms with Gasteiger partial charge in [0, 0.05) is 0 Å². The van der Waals surface area contributed by atoms with Gasteiger partial charge in [0.1, 0.15) is 0 Å². The van der Waals surface area contributed by atoms with Crippen molar-refractivity contribution in [3.63, 3.8) is 0 Å². The van der Waals surface area contributed by atoms with Gasteiger partial charge in [-0.25, -0.2) is 0 Å². The maximum absolute atomic E-state index is 8.18. The molecule has 0 aliphatic heterocycles. The Morgan fingerprint density at radius 2 is 1.15 bits per heavy atom. The summed E-state index contributed by atoms with van der Waals surface area (Å²) in [6.07, 6.45) is 17.2. The van der Waals surface area contributed by atoms with Crippen LogP contribution in [0, 0.1) is 75.0 Å². The van der Waals surface area contributed by atoms with Crippen molar-refractivity contribution in [1.82, 2.24) is 0 Å². The molecule has 64 valence electrons. The summed E-state index contributed by atoms with van der Waals surface area (Å²) >= 11 is 0. The normalized spacial score (nSPS) is 21.2. The smallest absolute Gasteiger partial charge is 0.198 e. The summed E-state index contributed by atoms with van der Waals surface area (Å²) in [5, 5.41) is 8.18. The molecule has 2 aliphatic rings. The summed E-state index contributed by atoms with van der Waals surface area (Å²) < 4.78 is 0. The summed E-state index contributed by atoms with van der Waals surface area (Å²) in [4.78, 5) is 0. The molecule has 2 rings (SSSR count). The fraction of sp³-hybridized carbons (Fsp3) is 0. The van der Waals surface area contributed by atoms with E-state index in [0.29, 0.717) is 0 Å². The molecule has 0 spiro atoms. The molecule has 0 aromatic rings. The van der Waals surface area contributed by atoms with E-state index in [1.807, 2.05) is 51.0 Å². The van der Waals surface area contributed by atoms with E-state index in [-0.39, 0.29) is 17.1 Å². The number of rotatable bonds is 0. The standard InChI is InChI=1S/C6H4N.C5H5.Fe/c7-5-6-3-1-2-4-6;1-2-4-5-3-1;/h1-4H;1-5H;/q;;+2.